The van der Waals surface area contributed by atoms with Crippen LogP contribution in [-0.4, -0.2) is 11.5 Å². The first-order valence-electron chi connectivity index (χ1n) is 6.19. The molecule has 2 rings (SSSR count). The number of nitriles is 1. The van der Waals surface area contributed by atoms with Crippen molar-refractivity contribution in [3.63, 3.8) is 0 Å². The van der Waals surface area contributed by atoms with Crippen molar-refractivity contribution >= 4 is 11.5 Å². The van der Waals surface area contributed by atoms with E-state index in [0.29, 0.717) is 11.3 Å². The molecule has 0 aliphatic heterocycles. The molecule has 0 fully saturated rings. The summed E-state index contributed by atoms with van der Waals surface area (Å²) in [5, 5.41) is 8.82. The average molecular weight is 252 g/mol. The highest BCUT2D eigenvalue weighted by molar-refractivity contribution is 5.64. The molecule has 0 unspecified atom stereocenters. The van der Waals surface area contributed by atoms with E-state index in [0.717, 1.165) is 18.9 Å². The van der Waals surface area contributed by atoms with E-state index in [1.54, 1.807) is 12.3 Å². The summed E-state index contributed by atoms with van der Waals surface area (Å²) in [6.07, 6.45) is 1.55. The highest BCUT2D eigenvalue weighted by Crippen LogP contribution is 2.22. The first-order chi connectivity index (χ1) is 9.24. The molecule has 2 aromatic rings. The van der Waals surface area contributed by atoms with Gasteiger partial charge in [0.15, 0.2) is 5.82 Å². The lowest BCUT2D eigenvalue weighted by molar-refractivity contribution is 0.815. The molecule has 4 nitrogen and oxygen atoms in total. The largest absolute Gasteiger partial charge is 0.396 e. The van der Waals surface area contributed by atoms with Crippen molar-refractivity contribution in [2.24, 2.45) is 0 Å². The number of pyridine rings is 1. The second-order valence-corrected chi connectivity index (χ2v) is 4.25. The molecule has 0 amide bonds. The molecule has 96 valence electrons. The standard InChI is InChI=1S/C15H16N4/c1-2-19(11-12-6-4-3-5-7-12)15-14(17)8-13(9-16)10-18-15/h3-8,10H,2,11,17H2,1H3. The third-order valence-electron chi connectivity index (χ3n) is 2.92. The molecule has 0 aliphatic carbocycles. The minimum Gasteiger partial charge on any atom is -0.396 e. The van der Waals surface area contributed by atoms with Gasteiger partial charge in [0, 0.05) is 19.3 Å². The van der Waals surface area contributed by atoms with Crippen molar-refractivity contribution in [3.8, 4) is 6.07 Å². The minimum atomic E-state index is 0.483. The van der Waals surface area contributed by atoms with E-state index in [-0.39, 0.29) is 0 Å². The Hall–Kier alpha value is -2.54. The van der Waals surface area contributed by atoms with Crippen LogP contribution in [0.3, 0.4) is 0 Å². The van der Waals surface area contributed by atoms with Crippen LogP contribution in [0.5, 0.6) is 0 Å². The lowest BCUT2D eigenvalue weighted by atomic mass is 10.2. The van der Waals surface area contributed by atoms with Crippen LogP contribution in [0.25, 0.3) is 0 Å². The van der Waals surface area contributed by atoms with Crippen molar-refractivity contribution in [2.45, 2.75) is 13.5 Å². The van der Waals surface area contributed by atoms with Gasteiger partial charge in [0.25, 0.3) is 0 Å². The normalized spacial score (nSPS) is 9.89. The zero-order valence-electron chi connectivity index (χ0n) is 10.9. The molecule has 1 heterocycles. The monoisotopic (exact) mass is 252 g/mol. The van der Waals surface area contributed by atoms with E-state index >= 15 is 0 Å². The van der Waals surface area contributed by atoms with Crippen molar-refractivity contribution in [1.29, 1.82) is 5.26 Å². The Bertz CT molecular complexity index is 587. The zero-order valence-corrected chi connectivity index (χ0v) is 10.9. The Labute approximate surface area is 113 Å². The number of hydrogen-bond acceptors (Lipinski definition) is 4. The van der Waals surface area contributed by atoms with Crippen LogP contribution in [0.2, 0.25) is 0 Å². The second kappa shape index (κ2) is 5.87. The van der Waals surface area contributed by atoms with Crippen LogP contribution in [0.15, 0.2) is 42.6 Å². The fourth-order valence-corrected chi connectivity index (χ4v) is 1.94. The molecule has 0 radical (unpaired) electrons. The predicted molar refractivity (Wildman–Crippen MR) is 76.5 cm³/mol. The molecule has 0 aliphatic rings. The molecular weight excluding hydrogens is 236 g/mol. The maximum atomic E-state index is 8.82. The van der Waals surface area contributed by atoms with E-state index in [2.05, 4.69) is 28.9 Å². The van der Waals surface area contributed by atoms with Crippen LogP contribution in [-0.2, 0) is 6.54 Å². The molecule has 2 N–H and O–H groups in total. The van der Waals surface area contributed by atoms with Gasteiger partial charge in [-0.05, 0) is 18.6 Å². The van der Waals surface area contributed by atoms with Gasteiger partial charge in [-0.15, -0.1) is 0 Å². The highest BCUT2D eigenvalue weighted by Gasteiger charge is 2.10. The van der Waals surface area contributed by atoms with E-state index in [4.69, 9.17) is 11.0 Å². The first-order valence-corrected chi connectivity index (χ1v) is 6.19. The summed E-state index contributed by atoms with van der Waals surface area (Å²) < 4.78 is 0. The molecule has 1 aromatic carbocycles. The quantitative estimate of drug-likeness (QED) is 0.908. The highest BCUT2D eigenvalue weighted by atomic mass is 15.2. The third kappa shape index (κ3) is 3.02. The Kier molecular flexibility index (Phi) is 3.99. The fourth-order valence-electron chi connectivity index (χ4n) is 1.94. The summed E-state index contributed by atoms with van der Waals surface area (Å²) in [5.41, 5.74) is 8.20. The molecule has 0 saturated carbocycles. The fraction of sp³-hybridized carbons (Fsp3) is 0.200. The van der Waals surface area contributed by atoms with Gasteiger partial charge in [-0.2, -0.15) is 5.26 Å². The number of aromatic nitrogens is 1. The molecule has 0 spiro atoms. The van der Waals surface area contributed by atoms with Gasteiger partial charge >= 0.3 is 0 Å². The SMILES string of the molecule is CCN(Cc1ccccc1)c1ncc(C#N)cc1N. The van der Waals surface area contributed by atoms with Crippen molar-refractivity contribution in [2.75, 3.05) is 17.2 Å². The van der Waals surface area contributed by atoms with Crippen LogP contribution in [0, 0.1) is 11.3 Å². The molecule has 0 saturated heterocycles. The number of benzene rings is 1. The van der Waals surface area contributed by atoms with E-state index in [9.17, 15) is 0 Å². The number of anilines is 2. The molecule has 4 heteroatoms. The van der Waals surface area contributed by atoms with Crippen LogP contribution >= 0.6 is 0 Å². The Morgan fingerprint density at radius 3 is 2.63 bits per heavy atom. The summed E-state index contributed by atoms with van der Waals surface area (Å²) in [7, 11) is 0. The third-order valence-corrected chi connectivity index (χ3v) is 2.92. The van der Waals surface area contributed by atoms with Gasteiger partial charge in [0.2, 0.25) is 0 Å². The van der Waals surface area contributed by atoms with Crippen LogP contribution in [0.4, 0.5) is 11.5 Å². The number of nitrogens with zero attached hydrogens (tertiary/aromatic N) is 3. The van der Waals surface area contributed by atoms with Crippen molar-refractivity contribution < 1.29 is 0 Å². The molecule has 19 heavy (non-hydrogen) atoms. The van der Waals surface area contributed by atoms with E-state index in [1.807, 2.05) is 24.3 Å². The van der Waals surface area contributed by atoms with Gasteiger partial charge in [0.05, 0.1) is 11.3 Å². The molecular formula is C15H16N4. The van der Waals surface area contributed by atoms with Gasteiger partial charge < -0.3 is 10.6 Å². The predicted octanol–water partition coefficient (Wildman–Crippen LogP) is 2.56. The number of hydrogen-bond donors (Lipinski definition) is 1. The Morgan fingerprint density at radius 2 is 2.05 bits per heavy atom. The van der Waals surface area contributed by atoms with Gasteiger partial charge in [-0.25, -0.2) is 4.98 Å². The Balaban J connectivity index is 2.25. The van der Waals surface area contributed by atoms with Crippen LogP contribution < -0.4 is 10.6 Å². The average Bonchev–Trinajstić information content (AvgIpc) is 2.46. The lowest BCUT2D eigenvalue weighted by Gasteiger charge is -2.23. The summed E-state index contributed by atoms with van der Waals surface area (Å²) >= 11 is 0. The summed E-state index contributed by atoms with van der Waals surface area (Å²) in [5.74, 6) is 0.727. The van der Waals surface area contributed by atoms with Gasteiger partial charge in [-0.3, -0.25) is 0 Å². The lowest BCUT2D eigenvalue weighted by Crippen LogP contribution is -2.24. The number of nitrogens with two attached hydrogens (primary N) is 1. The molecule has 0 bridgehead atoms. The maximum Gasteiger partial charge on any atom is 0.152 e. The maximum absolute atomic E-state index is 8.82. The summed E-state index contributed by atoms with van der Waals surface area (Å²) in [6.45, 7) is 3.61. The number of rotatable bonds is 4. The molecule has 0 atom stereocenters. The smallest absolute Gasteiger partial charge is 0.152 e. The summed E-state index contributed by atoms with van der Waals surface area (Å²) in [4.78, 5) is 6.38. The topological polar surface area (TPSA) is 65.9 Å². The van der Waals surface area contributed by atoms with E-state index < -0.39 is 0 Å². The Morgan fingerprint density at radius 1 is 1.32 bits per heavy atom. The van der Waals surface area contributed by atoms with Crippen molar-refractivity contribution in [3.05, 3.63) is 53.7 Å². The van der Waals surface area contributed by atoms with Crippen molar-refractivity contribution in [1.82, 2.24) is 4.98 Å². The van der Waals surface area contributed by atoms with Gasteiger partial charge in [0.1, 0.15) is 6.07 Å². The summed E-state index contributed by atoms with van der Waals surface area (Å²) in [6, 6.07) is 13.9. The van der Waals surface area contributed by atoms with Crippen LogP contribution in [0.1, 0.15) is 18.1 Å². The first kappa shape index (κ1) is 12.9. The zero-order chi connectivity index (χ0) is 13.7. The van der Waals surface area contributed by atoms with E-state index in [1.165, 1.54) is 5.56 Å². The second-order valence-electron chi connectivity index (χ2n) is 4.25. The molecule has 1 aromatic heterocycles. The van der Waals surface area contributed by atoms with Gasteiger partial charge in [-0.1, -0.05) is 30.3 Å². The minimum absolute atomic E-state index is 0.483. The number of nitrogen functional groups attached to an aromatic ring is 1.